The molecule has 0 saturated carbocycles. The highest BCUT2D eigenvalue weighted by molar-refractivity contribution is 5.36. The number of hydrogen-bond donors (Lipinski definition) is 0. The first-order valence-corrected chi connectivity index (χ1v) is 13.4. The molecule has 0 fully saturated rings. The van der Waals surface area contributed by atoms with Gasteiger partial charge in [0.2, 0.25) is 0 Å². The normalized spacial score (nSPS) is 11.3. The lowest BCUT2D eigenvalue weighted by atomic mass is 9.91. The predicted octanol–water partition coefficient (Wildman–Crippen LogP) is 10.0. The van der Waals surface area contributed by atoms with Crippen LogP contribution in [0.2, 0.25) is 0 Å². The van der Waals surface area contributed by atoms with Crippen molar-refractivity contribution in [1.82, 2.24) is 0 Å². The van der Waals surface area contributed by atoms with Crippen molar-refractivity contribution < 1.29 is 0 Å². The van der Waals surface area contributed by atoms with Crippen LogP contribution in [0.1, 0.15) is 147 Å². The van der Waals surface area contributed by atoms with Gasteiger partial charge in [-0.2, -0.15) is 0 Å². The van der Waals surface area contributed by atoms with E-state index in [0.717, 1.165) is 0 Å². The topological polar surface area (TPSA) is 0 Å². The van der Waals surface area contributed by atoms with Crippen LogP contribution in [-0.4, -0.2) is 0 Å². The van der Waals surface area contributed by atoms with Gasteiger partial charge in [0.1, 0.15) is 0 Å². The molecular weight excluding hydrogens is 348 g/mol. The van der Waals surface area contributed by atoms with Crippen molar-refractivity contribution >= 4 is 0 Å². The molecule has 0 spiro atoms. The zero-order valence-corrected chi connectivity index (χ0v) is 20.4. The van der Waals surface area contributed by atoms with Crippen molar-refractivity contribution in [2.45, 2.75) is 149 Å². The van der Waals surface area contributed by atoms with E-state index in [9.17, 15) is 0 Å². The molecule has 1 rings (SSSR count). The molecule has 0 heteroatoms. The van der Waals surface area contributed by atoms with Gasteiger partial charge in [-0.1, -0.05) is 135 Å². The van der Waals surface area contributed by atoms with E-state index >= 15 is 0 Å². The molecule has 1 aromatic rings. The average molecular weight is 401 g/mol. The summed E-state index contributed by atoms with van der Waals surface area (Å²) in [5, 5.41) is 0. The van der Waals surface area contributed by atoms with E-state index in [4.69, 9.17) is 0 Å². The second kappa shape index (κ2) is 19.2. The minimum atomic E-state index is 1.28. The van der Waals surface area contributed by atoms with Gasteiger partial charge < -0.3 is 0 Å². The van der Waals surface area contributed by atoms with Gasteiger partial charge in [-0.25, -0.2) is 0 Å². The molecule has 1 aromatic carbocycles. The lowest BCUT2D eigenvalue weighted by Crippen LogP contribution is -2.01. The Bertz CT molecular complexity index is 435. The fraction of sp³-hybridized carbons (Fsp3) is 0.793. The highest BCUT2D eigenvalue weighted by Gasteiger charge is 2.08. The summed E-state index contributed by atoms with van der Waals surface area (Å²) in [5.41, 5.74) is 5.03. The maximum Gasteiger partial charge on any atom is -0.0276 e. The second-order valence-corrected chi connectivity index (χ2v) is 9.25. The molecule has 0 unspecified atom stereocenters. The van der Waals surface area contributed by atoms with Crippen molar-refractivity contribution in [3.63, 3.8) is 0 Å². The van der Waals surface area contributed by atoms with Crippen molar-refractivity contribution in [3.05, 3.63) is 34.9 Å². The molecule has 168 valence electrons. The highest BCUT2D eigenvalue weighted by atomic mass is 14.1. The molecular formula is C29H52. The van der Waals surface area contributed by atoms with Gasteiger partial charge in [0.15, 0.2) is 0 Å². The lowest BCUT2D eigenvalue weighted by Gasteiger charge is -2.15. The van der Waals surface area contributed by atoms with Crippen LogP contribution in [0.15, 0.2) is 18.2 Å². The summed E-state index contributed by atoms with van der Waals surface area (Å²) in [6.45, 7) is 6.94. The van der Waals surface area contributed by atoms with E-state index in [1.807, 2.05) is 0 Å². The summed E-state index contributed by atoms with van der Waals surface area (Å²) in [5.74, 6) is 0. The average Bonchev–Trinajstić information content (AvgIpc) is 2.73. The van der Waals surface area contributed by atoms with Crippen LogP contribution in [0.5, 0.6) is 0 Å². The van der Waals surface area contributed by atoms with Crippen LogP contribution in [0.3, 0.4) is 0 Å². The molecule has 0 saturated heterocycles. The number of hydrogen-bond acceptors (Lipinski definition) is 0. The van der Waals surface area contributed by atoms with Crippen LogP contribution in [0.4, 0.5) is 0 Å². The molecule has 0 N–H and O–H groups in total. The van der Waals surface area contributed by atoms with Crippen molar-refractivity contribution in [2.24, 2.45) is 0 Å². The Morgan fingerprint density at radius 2 is 0.793 bits per heavy atom. The van der Waals surface area contributed by atoms with Crippen LogP contribution >= 0.6 is 0 Å². The molecule has 0 amide bonds. The van der Waals surface area contributed by atoms with E-state index in [1.165, 1.54) is 128 Å². The molecule has 0 atom stereocenters. The largest absolute Gasteiger partial charge is 0.0654 e. The highest BCUT2D eigenvalue weighted by Crippen LogP contribution is 2.22. The van der Waals surface area contributed by atoms with E-state index < -0.39 is 0 Å². The fourth-order valence-corrected chi connectivity index (χ4v) is 4.63. The molecule has 0 bridgehead atoms. The lowest BCUT2D eigenvalue weighted by molar-refractivity contribution is 0.572. The number of unbranched alkanes of at least 4 members (excludes halogenated alkanes) is 14. The number of aryl methyl sites for hydroxylation is 2. The third-order valence-corrected chi connectivity index (χ3v) is 6.47. The first-order chi connectivity index (χ1) is 14.3. The van der Waals surface area contributed by atoms with Gasteiger partial charge in [0.05, 0.1) is 0 Å². The predicted molar refractivity (Wildman–Crippen MR) is 133 cm³/mol. The molecule has 0 aliphatic rings. The Kier molecular flexibility index (Phi) is 17.4. The molecule has 0 radical (unpaired) electrons. The quantitative estimate of drug-likeness (QED) is 0.191. The standard InChI is InChI=1S/C29H52/c1-4-7-9-11-13-15-17-19-23-27-25-21-26-28(29(27)22-6-3)24-20-18-16-14-12-10-8-5-2/h21,25-26H,4-20,22-24H2,1-3H3. The Hall–Kier alpha value is -0.780. The fourth-order valence-electron chi connectivity index (χ4n) is 4.63. The third-order valence-electron chi connectivity index (χ3n) is 6.47. The van der Waals surface area contributed by atoms with E-state index in [0.29, 0.717) is 0 Å². The molecule has 0 heterocycles. The van der Waals surface area contributed by atoms with Gasteiger partial charge >= 0.3 is 0 Å². The van der Waals surface area contributed by atoms with Gasteiger partial charge in [-0.3, -0.25) is 0 Å². The molecule has 29 heavy (non-hydrogen) atoms. The summed E-state index contributed by atoms with van der Waals surface area (Å²) in [6, 6.07) is 7.17. The molecule has 0 aromatic heterocycles. The van der Waals surface area contributed by atoms with Crippen molar-refractivity contribution in [3.8, 4) is 0 Å². The summed E-state index contributed by atoms with van der Waals surface area (Å²) in [7, 11) is 0. The molecule has 0 aliphatic heterocycles. The van der Waals surface area contributed by atoms with Crippen molar-refractivity contribution in [1.29, 1.82) is 0 Å². The number of rotatable bonds is 20. The van der Waals surface area contributed by atoms with Crippen LogP contribution in [-0.2, 0) is 19.3 Å². The SMILES string of the molecule is CCCCCCCCCCc1cccc(CCCCCCCCCC)c1CCC. The second-order valence-electron chi connectivity index (χ2n) is 9.25. The van der Waals surface area contributed by atoms with Crippen LogP contribution in [0.25, 0.3) is 0 Å². The minimum absolute atomic E-state index is 1.28. The summed E-state index contributed by atoms with van der Waals surface area (Å²) < 4.78 is 0. The summed E-state index contributed by atoms with van der Waals surface area (Å²) in [6.07, 6.45) is 27.8. The molecule has 0 nitrogen and oxygen atoms in total. The Balaban J connectivity index is 2.32. The smallest absolute Gasteiger partial charge is 0.0276 e. The zero-order chi connectivity index (χ0) is 21.0. The van der Waals surface area contributed by atoms with E-state index in [2.05, 4.69) is 39.0 Å². The molecule has 0 aliphatic carbocycles. The van der Waals surface area contributed by atoms with Crippen LogP contribution in [0, 0.1) is 0 Å². The summed E-state index contributed by atoms with van der Waals surface area (Å²) >= 11 is 0. The van der Waals surface area contributed by atoms with E-state index in [1.54, 1.807) is 16.7 Å². The van der Waals surface area contributed by atoms with Crippen molar-refractivity contribution in [2.75, 3.05) is 0 Å². The van der Waals surface area contributed by atoms with Gasteiger partial charge in [0.25, 0.3) is 0 Å². The minimum Gasteiger partial charge on any atom is -0.0654 e. The maximum absolute atomic E-state index is 2.42. The van der Waals surface area contributed by atoms with Gasteiger partial charge in [-0.05, 0) is 48.8 Å². The first-order valence-electron chi connectivity index (χ1n) is 13.4. The van der Waals surface area contributed by atoms with Gasteiger partial charge in [-0.15, -0.1) is 0 Å². The Morgan fingerprint density at radius 1 is 0.414 bits per heavy atom. The number of benzene rings is 1. The monoisotopic (exact) mass is 400 g/mol. The van der Waals surface area contributed by atoms with Crippen LogP contribution < -0.4 is 0 Å². The van der Waals surface area contributed by atoms with Gasteiger partial charge in [0, 0.05) is 0 Å². The summed E-state index contributed by atoms with van der Waals surface area (Å²) in [4.78, 5) is 0. The Labute approximate surface area is 184 Å². The third kappa shape index (κ3) is 13.2. The maximum atomic E-state index is 2.42. The van der Waals surface area contributed by atoms with E-state index in [-0.39, 0.29) is 0 Å². The first kappa shape index (κ1) is 26.3. The Morgan fingerprint density at radius 3 is 1.17 bits per heavy atom. The zero-order valence-electron chi connectivity index (χ0n) is 20.4.